The van der Waals surface area contributed by atoms with Gasteiger partial charge in [-0.15, -0.1) is 0 Å². The van der Waals surface area contributed by atoms with Gasteiger partial charge in [0.05, 0.1) is 10.7 Å². The van der Waals surface area contributed by atoms with Crippen LogP contribution in [0, 0.1) is 5.92 Å². The first-order valence-corrected chi connectivity index (χ1v) is 7.79. The third-order valence-electron chi connectivity index (χ3n) is 3.13. The average molecular weight is 331 g/mol. The molecule has 0 aromatic heterocycles. The van der Waals surface area contributed by atoms with Gasteiger partial charge in [0.1, 0.15) is 0 Å². The Morgan fingerprint density at radius 3 is 2.35 bits per heavy atom. The molecule has 0 bridgehead atoms. The summed E-state index contributed by atoms with van der Waals surface area (Å²) < 4.78 is 0. The Morgan fingerprint density at radius 1 is 1.04 bits per heavy atom. The van der Waals surface area contributed by atoms with E-state index in [9.17, 15) is 9.59 Å². The van der Waals surface area contributed by atoms with Crippen molar-refractivity contribution in [1.29, 1.82) is 0 Å². The number of benzene rings is 2. The van der Waals surface area contributed by atoms with Crippen molar-refractivity contribution in [2.45, 2.75) is 20.3 Å². The van der Waals surface area contributed by atoms with Crippen LogP contribution in [-0.4, -0.2) is 11.8 Å². The lowest BCUT2D eigenvalue weighted by Crippen LogP contribution is -2.14. The van der Waals surface area contributed by atoms with E-state index < -0.39 is 0 Å². The zero-order valence-corrected chi connectivity index (χ0v) is 13.9. The molecule has 2 N–H and O–H groups in total. The van der Waals surface area contributed by atoms with Crippen LogP contribution >= 0.6 is 11.6 Å². The van der Waals surface area contributed by atoms with Gasteiger partial charge in [-0.2, -0.15) is 0 Å². The molecule has 0 aliphatic carbocycles. The van der Waals surface area contributed by atoms with Crippen LogP contribution in [0.2, 0.25) is 5.02 Å². The monoisotopic (exact) mass is 330 g/mol. The van der Waals surface area contributed by atoms with Crippen LogP contribution in [-0.2, 0) is 4.79 Å². The largest absolute Gasteiger partial charge is 0.326 e. The van der Waals surface area contributed by atoms with Gasteiger partial charge in [-0.3, -0.25) is 9.59 Å². The minimum absolute atomic E-state index is 0.0582. The quantitative estimate of drug-likeness (QED) is 0.843. The molecule has 0 saturated heterocycles. The number of halogens is 1. The van der Waals surface area contributed by atoms with Crippen molar-refractivity contribution >= 4 is 34.8 Å². The van der Waals surface area contributed by atoms with Crippen molar-refractivity contribution in [3.05, 3.63) is 59.1 Å². The van der Waals surface area contributed by atoms with E-state index in [1.807, 2.05) is 19.9 Å². The maximum absolute atomic E-state index is 12.1. The van der Waals surface area contributed by atoms with E-state index in [1.54, 1.807) is 42.5 Å². The first-order chi connectivity index (χ1) is 11.0. The summed E-state index contributed by atoms with van der Waals surface area (Å²) in [5.74, 6) is -0.00358. The Kier molecular flexibility index (Phi) is 5.77. The van der Waals surface area contributed by atoms with Gasteiger partial charge in [-0.25, -0.2) is 0 Å². The second-order valence-electron chi connectivity index (χ2n) is 5.66. The Hall–Kier alpha value is -2.33. The molecule has 0 saturated carbocycles. The molecule has 0 heterocycles. The minimum Gasteiger partial charge on any atom is -0.326 e. The summed E-state index contributed by atoms with van der Waals surface area (Å²) in [5.41, 5.74) is 1.67. The topological polar surface area (TPSA) is 58.2 Å². The van der Waals surface area contributed by atoms with Crippen molar-refractivity contribution in [3.63, 3.8) is 0 Å². The van der Waals surface area contributed by atoms with Crippen molar-refractivity contribution in [2.24, 2.45) is 5.92 Å². The first-order valence-electron chi connectivity index (χ1n) is 7.41. The van der Waals surface area contributed by atoms with Crippen LogP contribution < -0.4 is 10.6 Å². The van der Waals surface area contributed by atoms with Crippen LogP contribution in [0.4, 0.5) is 11.4 Å². The zero-order chi connectivity index (χ0) is 16.8. The molecule has 2 rings (SSSR count). The Labute approximate surface area is 140 Å². The average Bonchev–Trinajstić information content (AvgIpc) is 2.50. The van der Waals surface area contributed by atoms with Gasteiger partial charge < -0.3 is 10.6 Å². The van der Waals surface area contributed by atoms with E-state index in [2.05, 4.69) is 10.6 Å². The molecule has 0 unspecified atom stereocenters. The van der Waals surface area contributed by atoms with Crippen LogP contribution in [0.15, 0.2) is 48.5 Å². The van der Waals surface area contributed by atoms with Gasteiger partial charge in [-0.05, 0) is 36.2 Å². The molecule has 2 amide bonds. The molecule has 2 aromatic carbocycles. The fourth-order valence-corrected chi connectivity index (χ4v) is 2.29. The summed E-state index contributed by atoms with van der Waals surface area (Å²) in [5, 5.41) is 5.92. The molecule has 0 spiro atoms. The maximum atomic E-state index is 12.1. The Balaban J connectivity index is 2.05. The molecular formula is C18H19ClN2O2. The Bertz CT molecular complexity index is 699. The number of carbonyl (C=O) groups excluding carboxylic acids is 2. The summed E-state index contributed by atoms with van der Waals surface area (Å²) in [6, 6.07) is 13.9. The Morgan fingerprint density at radius 2 is 1.74 bits per heavy atom. The number of hydrogen-bond donors (Lipinski definition) is 2. The number of rotatable bonds is 5. The van der Waals surface area contributed by atoms with Crippen molar-refractivity contribution < 1.29 is 9.59 Å². The predicted molar refractivity (Wildman–Crippen MR) is 93.9 cm³/mol. The second kappa shape index (κ2) is 7.79. The molecule has 2 aromatic rings. The summed E-state index contributed by atoms with van der Waals surface area (Å²) in [4.78, 5) is 23.9. The third-order valence-corrected chi connectivity index (χ3v) is 3.44. The molecule has 0 aliphatic heterocycles. The van der Waals surface area contributed by atoms with Crippen molar-refractivity contribution in [3.8, 4) is 0 Å². The number of nitrogens with one attached hydrogen (secondary N) is 2. The fourth-order valence-electron chi connectivity index (χ4n) is 2.06. The highest BCUT2D eigenvalue weighted by Gasteiger charge is 2.10. The number of amides is 2. The van der Waals surface area contributed by atoms with Crippen molar-refractivity contribution in [1.82, 2.24) is 0 Å². The van der Waals surface area contributed by atoms with Gasteiger partial charge in [0, 0.05) is 17.7 Å². The van der Waals surface area contributed by atoms with Crippen LogP contribution in [0.1, 0.15) is 30.6 Å². The second-order valence-corrected chi connectivity index (χ2v) is 6.07. The standard InChI is InChI=1S/C18H19ClN2O2/c1-12(2)10-17(22)20-14-8-9-16(15(19)11-14)21-18(23)13-6-4-3-5-7-13/h3-9,11-12H,10H2,1-2H3,(H,20,22)(H,21,23). The molecule has 0 fully saturated rings. The maximum Gasteiger partial charge on any atom is 0.255 e. The van der Waals surface area contributed by atoms with Crippen LogP contribution in [0.25, 0.3) is 0 Å². The highest BCUT2D eigenvalue weighted by Crippen LogP contribution is 2.26. The van der Waals surface area contributed by atoms with Crippen LogP contribution in [0.3, 0.4) is 0 Å². The van der Waals surface area contributed by atoms with Gasteiger partial charge >= 0.3 is 0 Å². The normalized spacial score (nSPS) is 10.4. The number of carbonyl (C=O) groups is 2. The lowest BCUT2D eigenvalue weighted by molar-refractivity contribution is -0.116. The molecular weight excluding hydrogens is 312 g/mol. The van der Waals surface area contributed by atoms with E-state index in [4.69, 9.17) is 11.6 Å². The molecule has 4 nitrogen and oxygen atoms in total. The predicted octanol–water partition coefficient (Wildman–Crippen LogP) is 4.58. The third kappa shape index (κ3) is 5.11. The minimum atomic E-state index is -0.232. The van der Waals surface area contributed by atoms with Gasteiger partial charge in [0.15, 0.2) is 0 Å². The number of anilines is 2. The smallest absolute Gasteiger partial charge is 0.255 e. The van der Waals surface area contributed by atoms with Crippen molar-refractivity contribution in [2.75, 3.05) is 10.6 Å². The van der Waals surface area contributed by atoms with Gasteiger partial charge in [0.2, 0.25) is 5.91 Å². The van der Waals surface area contributed by atoms with Gasteiger partial charge in [-0.1, -0.05) is 43.6 Å². The van der Waals surface area contributed by atoms with Gasteiger partial charge in [0.25, 0.3) is 5.91 Å². The highest BCUT2D eigenvalue weighted by molar-refractivity contribution is 6.34. The SMILES string of the molecule is CC(C)CC(=O)Nc1ccc(NC(=O)c2ccccc2)c(Cl)c1. The van der Waals surface area contributed by atoms with E-state index in [0.29, 0.717) is 28.4 Å². The number of hydrogen-bond acceptors (Lipinski definition) is 2. The summed E-state index contributed by atoms with van der Waals surface area (Å²) in [7, 11) is 0. The summed E-state index contributed by atoms with van der Waals surface area (Å²) in [6.07, 6.45) is 0.449. The molecule has 120 valence electrons. The zero-order valence-electron chi connectivity index (χ0n) is 13.1. The molecule has 23 heavy (non-hydrogen) atoms. The van der Waals surface area contributed by atoms with E-state index >= 15 is 0 Å². The highest BCUT2D eigenvalue weighted by atomic mass is 35.5. The molecule has 5 heteroatoms. The molecule has 0 atom stereocenters. The lowest BCUT2D eigenvalue weighted by Gasteiger charge is -2.11. The summed E-state index contributed by atoms with van der Waals surface area (Å²) >= 11 is 6.18. The first kappa shape index (κ1) is 17.0. The van der Waals surface area contributed by atoms with E-state index in [-0.39, 0.29) is 17.7 Å². The van der Waals surface area contributed by atoms with E-state index in [0.717, 1.165) is 0 Å². The molecule has 0 radical (unpaired) electrons. The summed E-state index contributed by atoms with van der Waals surface area (Å²) in [6.45, 7) is 3.96. The van der Waals surface area contributed by atoms with E-state index in [1.165, 1.54) is 0 Å². The van der Waals surface area contributed by atoms with Crippen LogP contribution in [0.5, 0.6) is 0 Å². The lowest BCUT2D eigenvalue weighted by atomic mass is 10.1. The molecule has 0 aliphatic rings. The fraction of sp³-hybridized carbons (Fsp3) is 0.222.